The highest BCUT2D eigenvalue weighted by molar-refractivity contribution is 5.79. The Bertz CT molecular complexity index is 735. The predicted octanol–water partition coefficient (Wildman–Crippen LogP) is 2.79. The van der Waals surface area contributed by atoms with Gasteiger partial charge in [-0.1, -0.05) is 18.2 Å². The number of hydrogen-bond donors (Lipinski definition) is 0. The summed E-state index contributed by atoms with van der Waals surface area (Å²) in [6, 6.07) is 5.94. The first-order valence-corrected chi connectivity index (χ1v) is 8.56. The topological polar surface area (TPSA) is 50.5 Å². The second-order valence-electron chi connectivity index (χ2n) is 6.59. The fourth-order valence-corrected chi connectivity index (χ4v) is 3.80. The first-order chi connectivity index (χ1) is 11.3. The molecule has 1 aliphatic carbocycles. The molecule has 120 valence electrons. The maximum absolute atomic E-state index is 12.8. The van der Waals surface area contributed by atoms with Crippen molar-refractivity contribution in [2.45, 2.75) is 38.0 Å². The number of carbonyl (C=O) groups is 1. The largest absolute Gasteiger partial charge is 0.342 e. The SMILES string of the molecule is O=C(C1CC=CCC1)N1CCCC(c2nnc3ccccn23)C1. The van der Waals surface area contributed by atoms with Gasteiger partial charge in [0.15, 0.2) is 5.65 Å². The van der Waals surface area contributed by atoms with Crippen LogP contribution in [0.4, 0.5) is 0 Å². The molecule has 0 bridgehead atoms. The van der Waals surface area contributed by atoms with E-state index in [1.165, 1.54) is 0 Å². The van der Waals surface area contributed by atoms with E-state index in [4.69, 9.17) is 0 Å². The van der Waals surface area contributed by atoms with Gasteiger partial charge in [-0.2, -0.15) is 0 Å². The van der Waals surface area contributed by atoms with Crippen molar-refractivity contribution < 1.29 is 4.79 Å². The van der Waals surface area contributed by atoms with Gasteiger partial charge in [-0.15, -0.1) is 10.2 Å². The Morgan fingerprint density at radius 1 is 1.17 bits per heavy atom. The number of nitrogens with zero attached hydrogens (tertiary/aromatic N) is 4. The fourth-order valence-electron chi connectivity index (χ4n) is 3.80. The second kappa shape index (κ2) is 6.14. The molecule has 1 aliphatic heterocycles. The van der Waals surface area contributed by atoms with Gasteiger partial charge < -0.3 is 4.90 Å². The number of pyridine rings is 1. The minimum atomic E-state index is 0.175. The van der Waals surface area contributed by atoms with Crippen molar-refractivity contribution in [3.05, 3.63) is 42.4 Å². The Morgan fingerprint density at radius 3 is 3.00 bits per heavy atom. The lowest BCUT2D eigenvalue weighted by Gasteiger charge is -2.34. The molecule has 1 saturated heterocycles. The molecule has 4 rings (SSSR count). The summed E-state index contributed by atoms with van der Waals surface area (Å²) < 4.78 is 2.06. The minimum Gasteiger partial charge on any atom is -0.342 e. The van der Waals surface area contributed by atoms with Gasteiger partial charge in [-0.3, -0.25) is 9.20 Å². The van der Waals surface area contributed by atoms with Crippen LogP contribution in [0.2, 0.25) is 0 Å². The van der Waals surface area contributed by atoms with Crippen molar-refractivity contribution in [2.24, 2.45) is 5.92 Å². The third-order valence-corrected chi connectivity index (χ3v) is 5.06. The molecule has 5 nitrogen and oxygen atoms in total. The Kier molecular flexibility index (Phi) is 3.85. The number of allylic oxidation sites excluding steroid dienone is 2. The van der Waals surface area contributed by atoms with Crippen LogP contribution in [0.1, 0.15) is 43.8 Å². The highest BCUT2D eigenvalue weighted by Crippen LogP contribution is 2.29. The molecule has 0 N–H and O–H groups in total. The van der Waals surface area contributed by atoms with Crippen molar-refractivity contribution in [3.63, 3.8) is 0 Å². The van der Waals surface area contributed by atoms with Crippen LogP contribution in [0.5, 0.6) is 0 Å². The highest BCUT2D eigenvalue weighted by Gasteiger charge is 2.31. The molecule has 0 radical (unpaired) electrons. The first kappa shape index (κ1) is 14.4. The van der Waals surface area contributed by atoms with Gasteiger partial charge in [0, 0.05) is 31.1 Å². The van der Waals surface area contributed by atoms with E-state index in [1.807, 2.05) is 24.4 Å². The van der Waals surface area contributed by atoms with Crippen LogP contribution >= 0.6 is 0 Å². The number of fused-ring (bicyclic) bond motifs is 1. The van der Waals surface area contributed by atoms with Crippen LogP contribution in [-0.2, 0) is 4.79 Å². The van der Waals surface area contributed by atoms with Crippen LogP contribution in [0, 0.1) is 5.92 Å². The number of piperidine rings is 1. The number of rotatable bonds is 2. The van der Waals surface area contributed by atoms with Gasteiger partial charge in [0.2, 0.25) is 5.91 Å². The molecule has 0 spiro atoms. The average molecular weight is 310 g/mol. The number of aromatic nitrogens is 3. The van der Waals surface area contributed by atoms with Crippen LogP contribution in [-0.4, -0.2) is 38.5 Å². The molecular weight excluding hydrogens is 288 g/mol. The summed E-state index contributed by atoms with van der Waals surface area (Å²) in [6.07, 6.45) is 11.4. The molecule has 2 aromatic heterocycles. The normalized spacial score (nSPS) is 25.0. The molecule has 1 amide bonds. The lowest BCUT2D eigenvalue weighted by atomic mass is 9.90. The zero-order valence-corrected chi connectivity index (χ0v) is 13.3. The maximum Gasteiger partial charge on any atom is 0.226 e. The van der Waals surface area contributed by atoms with E-state index in [1.54, 1.807) is 0 Å². The van der Waals surface area contributed by atoms with Gasteiger partial charge >= 0.3 is 0 Å². The molecule has 2 atom stereocenters. The third-order valence-electron chi connectivity index (χ3n) is 5.06. The van der Waals surface area contributed by atoms with Crippen LogP contribution in [0.3, 0.4) is 0 Å². The van der Waals surface area contributed by atoms with Gasteiger partial charge in [0.25, 0.3) is 0 Å². The molecule has 0 saturated carbocycles. The predicted molar refractivity (Wildman–Crippen MR) is 88.0 cm³/mol. The second-order valence-corrected chi connectivity index (χ2v) is 6.59. The van der Waals surface area contributed by atoms with Gasteiger partial charge in [0.1, 0.15) is 5.82 Å². The Balaban J connectivity index is 1.52. The Morgan fingerprint density at radius 2 is 2.13 bits per heavy atom. The van der Waals surface area contributed by atoms with E-state index in [2.05, 4.69) is 31.7 Å². The zero-order chi connectivity index (χ0) is 15.6. The highest BCUT2D eigenvalue weighted by atomic mass is 16.2. The molecule has 2 unspecified atom stereocenters. The molecule has 2 aromatic rings. The molecule has 2 aliphatic rings. The quantitative estimate of drug-likeness (QED) is 0.802. The summed E-state index contributed by atoms with van der Waals surface area (Å²) in [5.74, 6) is 1.77. The summed E-state index contributed by atoms with van der Waals surface area (Å²) in [5.41, 5.74) is 0.878. The monoisotopic (exact) mass is 310 g/mol. The van der Waals surface area contributed by atoms with Gasteiger partial charge in [-0.05, 0) is 44.2 Å². The molecule has 5 heteroatoms. The number of amides is 1. The van der Waals surface area contributed by atoms with E-state index in [9.17, 15) is 4.79 Å². The van der Waals surface area contributed by atoms with Crippen LogP contribution in [0.25, 0.3) is 5.65 Å². The third kappa shape index (κ3) is 2.76. The van der Waals surface area contributed by atoms with Crippen LogP contribution in [0.15, 0.2) is 36.5 Å². The smallest absolute Gasteiger partial charge is 0.226 e. The summed E-state index contributed by atoms with van der Waals surface area (Å²) in [6.45, 7) is 1.65. The standard InChI is InChI=1S/C18H22N4O/c23-18(14-7-2-1-3-8-14)21-11-6-9-15(13-21)17-20-19-16-10-4-5-12-22(16)17/h1-2,4-5,10,12,14-15H,3,6-9,11,13H2. The first-order valence-electron chi connectivity index (χ1n) is 8.56. The van der Waals surface area contributed by atoms with Crippen molar-refractivity contribution in [2.75, 3.05) is 13.1 Å². The van der Waals surface area contributed by atoms with Gasteiger partial charge in [0.05, 0.1) is 0 Å². The van der Waals surface area contributed by atoms with Crippen molar-refractivity contribution in [1.82, 2.24) is 19.5 Å². The average Bonchev–Trinajstić information content (AvgIpc) is 3.06. The lowest BCUT2D eigenvalue weighted by molar-refractivity contribution is -0.137. The summed E-state index contributed by atoms with van der Waals surface area (Å²) in [4.78, 5) is 14.8. The van der Waals surface area contributed by atoms with Crippen LogP contribution < -0.4 is 0 Å². The number of carbonyl (C=O) groups excluding carboxylic acids is 1. The van der Waals surface area contributed by atoms with E-state index in [0.717, 1.165) is 56.7 Å². The zero-order valence-electron chi connectivity index (χ0n) is 13.3. The maximum atomic E-state index is 12.8. The molecule has 0 aromatic carbocycles. The van der Waals surface area contributed by atoms with Crippen molar-refractivity contribution in [1.29, 1.82) is 0 Å². The minimum absolute atomic E-state index is 0.175. The summed E-state index contributed by atoms with van der Waals surface area (Å²) in [5, 5.41) is 8.64. The Hall–Kier alpha value is -2.17. The van der Waals surface area contributed by atoms with Gasteiger partial charge in [-0.25, -0.2) is 0 Å². The van der Waals surface area contributed by atoms with E-state index in [-0.39, 0.29) is 11.8 Å². The van der Waals surface area contributed by atoms with E-state index >= 15 is 0 Å². The fraction of sp³-hybridized carbons (Fsp3) is 0.500. The lowest BCUT2D eigenvalue weighted by Crippen LogP contribution is -2.42. The molecule has 3 heterocycles. The van der Waals surface area contributed by atoms with Crippen molar-refractivity contribution >= 4 is 11.6 Å². The van der Waals surface area contributed by atoms with E-state index in [0.29, 0.717) is 5.91 Å². The summed E-state index contributed by atoms with van der Waals surface area (Å²) in [7, 11) is 0. The molecule has 1 fully saturated rings. The number of likely N-dealkylation sites (tertiary alicyclic amines) is 1. The number of hydrogen-bond acceptors (Lipinski definition) is 3. The van der Waals surface area contributed by atoms with Crippen molar-refractivity contribution in [3.8, 4) is 0 Å². The van der Waals surface area contributed by atoms with E-state index < -0.39 is 0 Å². The molecule has 23 heavy (non-hydrogen) atoms. The Labute approximate surface area is 136 Å². The summed E-state index contributed by atoms with van der Waals surface area (Å²) >= 11 is 0. The molecular formula is C18H22N4O.